The van der Waals surface area contributed by atoms with Crippen LogP contribution in [0.15, 0.2) is 34.7 Å². The summed E-state index contributed by atoms with van der Waals surface area (Å²) in [7, 11) is 0. The molecule has 96 valence electrons. The number of halogens is 1. The van der Waals surface area contributed by atoms with Crippen LogP contribution >= 0.6 is 34.7 Å². The number of hydrogen-bond donors (Lipinski definition) is 0. The maximum Gasteiger partial charge on any atom is 0.224 e. The molecular weight excluding hydrogens is 300 g/mol. The standard InChI is InChI=1S/C12H9ClN4S2/c1-2-7-6-8-9(18-7)16-11(13)17-10(8)19-12-14-4-3-5-15-12/h3-6H,2H2,1H3. The molecule has 3 heterocycles. The Bertz CT molecular complexity index is 714. The van der Waals surface area contributed by atoms with Crippen molar-refractivity contribution in [1.29, 1.82) is 0 Å². The van der Waals surface area contributed by atoms with Gasteiger partial charge in [0.15, 0.2) is 5.16 Å². The van der Waals surface area contributed by atoms with Crippen molar-refractivity contribution < 1.29 is 0 Å². The topological polar surface area (TPSA) is 51.6 Å². The molecule has 19 heavy (non-hydrogen) atoms. The van der Waals surface area contributed by atoms with Crippen LogP contribution in [0.4, 0.5) is 0 Å². The van der Waals surface area contributed by atoms with Crippen LogP contribution in [0.25, 0.3) is 10.2 Å². The molecule has 0 spiro atoms. The van der Waals surface area contributed by atoms with E-state index < -0.39 is 0 Å². The Morgan fingerprint density at radius 2 is 2.05 bits per heavy atom. The number of hydrogen-bond acceptors (Lipinski definition) is 6. The maximum atomic E-state index is 5.97. The highest BCUT2D eigenvalue weighted by molar-refractivity contribution is 7.99. The highest BCUT2D eigenvalue weighted by Gasteiger charge is 2.12. The molecule has 0 N–H and O–H groups in total. The Morgan fingerprint density at radius 1 is 1.26 bits per heavy atom. The first-order valence-electron chi connectivity index (χ1n) is 5.67. The highest BCUT2D eigenvalue weighted by atomic mass is 35.5. The fraction of sp³-hybridized carbons (Fsp3) is 0.167. The van der Waals surface area contributed by atoms with E-state index >= 15 is 0 Å². The second kappa shape index (κ2) is 5.40. The Hall–Kier alpha value is -1.24. The lowest BCUT2D eigenvalue weighted by molar-refractivity contribution is 0.961. The summed E-state index contributed by atoms with van der Waals surface area (Å²) in [6, 6.07) is 3.90. The molecule has 0 aliphatic rings. The van der Waals surface area contributed by atoms with E-state index in [-0.39, 0.29) is 5.28 Å². The molecule has 0 unspecified atom stereocenters. The van der Waals surface area contributed by atoms with Crippen molar-refractivity contribution in [1.82, 2.24) is 19.9 Å². The first-order valence-corrected chi connectivity index (χ1v) is 7.68. The Morgan fingerprint density at radius 3 is 2.79 bits per heavy atom. The summed E-state index contributed by atoms with van der Waals surface area (Å²) in [6.07, 6.45) is 4.39. The van der Waals surface area contributed by atoms with Crippen LogP contribution in [0.1, 0.15) is 11.8 Å². The zero-order valence-electron chi connectivity index (χ0n) is 10.00. The molecule has 0 fully saturated rings. The predicted molar refractivity (Wildman–Crippen MR) is 78.0 cm³/mol. The number of aryl methyl sites for hydroxylation is 1. The lowest BCUT2D eigenvalue weighted by Crippen LogP contribution is -1.89. The zero-order valence-corrected chi connectivity index (χ0v) is 12.4. The zero-order chi connectivity index (χ0) is 13.2. The van der Waals surface area contributed by atoms with Crippen LogP contribution in [-0.2, 0) is 6.42 Å². The minimum Gasteiger partial charge on any atom is -0.231 e. The SMILES string of the molecule is CCc1cc2c(Sc3ncccn3)nc(Cl)nc2s1. The smallest absolute Gasteiger partial charge is 0.224 e. The molecule has 0 aliphatic carbocycles. The third-order valence-corrected chi connectivity index (χ3v) is 4.70. The van der Waals surface area contributed by atoms with E-state index in [0.29, 0.717) is 5.16 Å². The van der Waals surface area contributed by atoms with Crippen molar-refractivity contribution in [3.05, 3.63) is 34.7 Å². The van der Waals surface area contributed by atoms with Gasteiger partial charge in [-0.2, -0.15) is 0 Å². The number of fused-ring (bicyclic) bond motifs is 1. The molecule has 3 rings (SSSR count). The van der Waals surface area contributed by atoms with Gasteiger partial charge in [0.05, 0.1) is 0 Å². The summed E-state index contributed by atoms with van der Waals surface area (Å²) in [6.45, 7) is 2.12. The van der Waals surface area contributed by atoms with E-state index in [1.165, 1.54) is 16.6 Å². The van der Waals surface area contributed by atoms with Crippen LogP contribution in [0, 0.1) is 0 Å². The molecule has 0 bridgehead atoms. The van der Waals surface area contributed by atoms with E-state index in [1.54, 1.807) is 29.8 Å². The van der Waals surface area contributed by atoms with Gasteiger partial charge in [-0.1, -0.05) is 6.92 Å². The van der Waals surface area contributed by atoms with Crippen molar-refractivity contribution in [2.24, 2.45) is 0 Å². The molecule has 0 saturated heterocycles. The second-order valence-electron chi connectivity index (χ2n) is 3.72. The fourth-order valence-corrected chi connectivity index (χ4v) is 3.70. The molecule has 3 aromatic rings. The van der Waals surface area contributed by atoms with Gasteiger partial charge in [-0.25, -0.2) is 19.9 Å². The average molecular weight is 309 g/mol. The van der Waals surface area contributed by atoms with Gasteiger partial charge in [0.25, 0.3) is 0 Å². The van der Waals surface area contributed by atoms with Crippen LogP contribution < -0.4 is 0 Å². The van der Waals surface area contributed by atoms with Crippen LogP contribution in [0.2, 0.25) is 5.28 Å². The van der Waals surface area contributed by atoms with Gasteiger partial charge in [-0.3, -0.25) is 0 Å². The summed E-state index contributed by atoms with van der Waals surface area (Å²) >= 11 is 9.02. The summed E-state index contributed by atoms with van der Waals surface area (Å²) in [5.74, 6) is 0. The van der Waals surface area contributed by atoms with E-state index in [4.69, 9.17) is 11.6 Å². The first kappa shape index (κ1) is 12.8. The summed E-state index contributed by atoms with van der Waals surface area (Å²) in [5, 5.41) is 2.74. The van der Waals surface area contributed by atoms with Crippen LogP contribution in [0.3, 0.4) is 0 Å². The van der Waals surface area contributed by atoms with E-state index in [2.05, 4.69) is 32.9 Å². The Balaban J connectivity index is 2.09. The average Bonchev–Trinajstić information content (AvgIpc) is 2.83. The van der Waals surface area contributed by atoms with Crippen molar-refractivity contribution in [2.75, 3.05) is 0 Å². The van der Waals surface area contributed by atoms with Crippen molar-refractivity contribution in [2.45, 2.75) is 23.5 Å². The number of rotatable bonds is 3. The minimum absolute atomic E-state index is 0.260. The molecule has 0 atom stereocenters. The third kappa shape index (κ3) is 2.70. The van der Waals surface area contributed by atoms with Gasteiger partial charge in [-0.15, -0.1) is 11.3 Å². The molecule has 0 aromatic carbocycles. The lowest BCUT2D eigenvalue weighted by atomic mass is 10.3. The van der Waals surface area contributed by atoms with Crippen LogP contribution in [0.5, 0.6) is 0 Å². The molecular formula is C12H9ClN4S2. The molecule has 0 amide bonds. The van der Waals surface area contributed by atoms with Gasteiger partial charge >= 0.3 is 0 Å². The molecule has 4 nitrogen and oxygen atoms in total. The fourth-order valence-electron chi connectivity index (χ4n) is 1.60. The number of nitrogens with zero attached hydrogens (tertiary/aromatic N) is 4. The van der Waals surface area contributed by atoms with Gasteiger partial charge in [0.1, 0.15) is 9.86 Å². The quantitative estimate of drug-likeness (QED) is 0.543. The molecule has 0 saturated carbocycles. The summed E-state index contributed by atoms with van der Waals surface area (Å²) in [5.41, 5.74) is 0. The minimum atomic E-state index is 0.260. The Kier molecular flexibility index (Phi) is 3.63. The summed E-state index contributed by atoms with van der Waals surface area (Å²) in [4.78, 5) is 19.1. The normalized spacial score (nSPS) is 11.1. The van der Waals surface area contributed by atoms with Crippen molar-refractivity contribution >= 4 is 44.9 Å². The molecule has 3 aromatic heterocycles. The van der Waals surface area contributed by atoms with E-state index in [9.17, 15) is 0 Å². The lowest BCUT2D eigenvalue weighted by Gasteiger charge is -2.00. The van der Waals surface area contributed by atoms with Gasteiger partial charge < -0.3 is 0 Å². The van der Waals surface area contributed by atoms with Gasteiger partial charge in [0, 0.05) is 22.7 Å². The first-order chi connectivity index (χ1) is 9.26. The van der Waals surface area contributed by atoms with Crippen molar-refractivity contribution in [3.8, 4) is 0 Å². The molecule has 0 aliphatic heterocycles. The van der Waals surface area contributed by atoms with Gasteiger partial charge in [0.2, 0.25) is 5.28 Å². The predicted octanol–water partition coefficient (Wildman–Crippen LogP) is 3.85. The van der Waals surface area contributed by atoms with Crippen LogP contribution in [-0.4, -0.2) is 19.9 Å². The van der Waals surface area contributed by atoms with Crippen molar-refractivity contribution in [3.63, 3.8) is 0 Å². The number of thiophene rings is 1. The Labute approximate surface area is 123 Å². The molecule has 0 radical (unpaired) electrons. The summed E-state index contributed by atoms with van der Waals surface area (Å²) < 4.78 is 0. The van der Waals surface area contributed by atoms with Gasteiger partial charge in [-0.05, 0) is 41.9 Å². The third-order valence-electron chi connectivity index (χ3n) is 2.46. The second-order valence-corrected chi connectivity index (χ2v) is 6.13. The monoisotopic (exact) mass is 308 g/mol. The maximum absolute atomic E-state index is 5.97. The largest absolute Gasteiger partial charge is 0.231 e. The number of aromatic nitrogens is 4. The van der Waals surface area contributed by atoms with E-state index in [0.717, 1.165) is 21.7 Å². The highest BCUT2D eigenvalue weighted by Crippen LogP contribution is 2.34. The molecule has 7 heteroatoms. The van der Waals surface area contributed by atoms with E-state index in [1.807, 2.05) is 0 Å².